The van der Waals surface area contributed by atoms with Gasteiger partial charge in [0.1, 0.15) is 12.4 Å². The van der Waals surface area contributed by atoms with Crippen LogP contribution in [0, 0.1) is 0 Å². The molecule has 0 bridgehead atoms. The van der Waals surface area contributed by atoms with Gasteiger partial charge in [0.2, 0.25) is 0 Å². The topological polar surface area (TPSA) is 92.0 Å². The van der Waals surface area contributed by atoms with E-state index in [1.165, 1.54) is 0 Å². The standard InChI is InChI=1S/C14H22N6O2/c1-18-12(10-21)16-17-13(18)11-2-5-19(6-3-11)8-9-20-7-4-15-14(20)22/h4,7,11,21H,2-3,5-6,8-10H2,1H3,(H,15,22). The maximum Gasteiger partial charge on any atom is 0.325 e. The number of aliphatic hydroxyl groups excluding tert-OH is 1. The number of hydrogen-bond donors (Lipinski definition) is 2. The molecule has 3 rings (SSSR count). The lowest BCUT2D eigenvalue weighted by Crippen LogP contribution is -2.36. The Hall–Kier alpha value is -1.93. The second-order valence-electron chi connectivity index (χ2n) is 5.77. The number of aromatic amines is 1. The smallest absolute Gasteiger partial charge is 0.325 e. The van der Waals surface area contributed by atoms with Crippen LogP contribution in [-0.4, -0.2) is 54.0 Å². The Bertz CT molecular complexity index is 665. The van der Waals surface area contributed by atoms with E-state index in [2.05, 4.69) is 20.1 Å². The predicted octanol–water partition coefficient (Wildman–Crippen LogP) is -0.323. The van der Waals surface area contributed by atoms with Gasteiger partial charge in [0, 0.05) is 38.4 Å². The van der Waals surface area contributed by atoms with Crippen molar-refractivity contribution in [2.45, 2.75) is 31.9 Å². The summed E-state index contributed by atoms with van der Waals surface area (Å²) in [6.45, 7) is 3.50. The van der Waals surface area contributed by atoms with Crippen LogP contribution in [0.1, 0.15) is 30.4 Å². The van der Waals surface area contributed by atoms with Crippen LogP contribution in [0.5, 0.6) is 0 Å². The lowest BCUT2D eigenvalue weighted by atomic mass is 9.96. The van der Waals surface area contributed by atoms with Crippen molar-refractivity contribution in [2.24, 2.45) is 7.05 Å². The zero-order valence-electron chi connectivity index (χ0n) is 12.8. The predicted molar refractivity (Wildman–Crippen MR) is 80.4 cm³/mol. The summed E-state index contributed by atoms with van der Waals surface area (Å²) < 4.78 is 3.60. The Morgan fingerprint density at radius 3 is 2.68 bits per heavy atom. The Morgan fingerprint density at radius 2 is 2.09 bits per heavy atom. The summed E-state index contributed by atoms with van der Waals surface area (Å²) in [7, 11) is 1.91. The molecule has 1 aliphatic rings. The van der Waals surface area contributed by atoms with Gasteiger partial charge >= 0.3 is 5.69 Å². The van der Waals surface area contributed by atoms with Gasteiger partial charge in [-0.25, -0.2) is 4.79 Å². The van der Waals surface area contributed by atoms with Gasteiger partial charge in [0.25, 0.3) is 0 Å². The minimum atomic E-state index is -0.0756. The van der Waals surface area contributed by atoms with E-state index in [-0.39, 0.29) is 12.3 Å². The lowest BCUT2D eigenvalue weighted by molar-refractivity contribution is 0.200. The van der Waals surface area contributed by atoms with Gasteiger partial charge in [-0.05, 0) is 25.9 Å². The third kappa shape index (κ3) is 2.97. The van der Waals surface area contributed by atoms with Gasteiger partial charge in [-0.2, -0.15) is 0 Å². The molecule has 120 valence electrons. The van der Waals surface area contributed by atoms with Crippen LogP contribution in [-0.2, 0) is 20.2 Å². The molecule has 2 aromatic heterocycles. The van der Waals surface area contributed by atoms with Crippen molar-refractivity contribution < 1.29 is 5.11 Å². The highest BCUT2D eigenvalue weighted by atomic mass is 16.3. The molecule has 2 aromatic rings. The van der Waals surface area contributed by atoms with Gasteiger partial charge in [0.15, 0.2) is 5.82 Å². The summed E-state index contributed by atoms with van der Waals surface area (Å²) in [5.74, 6) is 1.97. The van der Waals surface area contributed by atoms with E-state index in [9.17, 15) is 9.90 Å². The van der Waals surface area contributed by atoms with Crippen molar-refractivity contribution in [3.63, 3.8) is 0 Å². The number of aromatic nitrogens is 5. The third-order valence-electron chi connectivity index (χ3n) is 4.47. The van der Waals surface area contributed by atoms with E-state index in [0.29, 0.717) is 18.3 Å². The van der Waals surface area contributed by atoms with Gasteiger partial charge in [-0.1, -0.05) is 0 Å². The van der Waals surface area contributed by atoms with Gasteiger partial charge in [-0.3, -0.25) is 4.57 Å². The molecular weight excluding hydrogens is 284 g/mol. The molecule has 8 nitrogen and oxygen atoms in total. The van der Waals surface area contributed by atoms with Crippen molar-refractivity contribution >= 4 is 0 Å². The van der Waals surface area contributed by atoms with Crippen LogP contribution >= 0.6 is 0 Å². The van der Waals surface area contributed by atoms with Crippen molar-refractivity contribution in [3.05, 3.63) is 34.5 Å². The first kappa shape index (κ1) is 15.0. The molecule has 0 spiro atoms. The Morgan fingerprint density at radius 1 is 1.32 bits per heavy atom. The molecule has 0 atom stereocenters. The summed E-state index contributed by atoms with van der Waals surface area (Å²) in [4.78, 5) is 16.5. The Kier molecular flexibility index (Phi) is 4.39. The van der Waals surface area contributed by atoms with Crippen molar-refractivity contribution in [1.82, 2.24) is 29.2 Å². The zero-order valence-corrected chi connectivity index (χ0v) is 12.8. The number of likely N-dealkylation sites (tertiary alicyclic amines) is 1. The van der Waals surface area contributed by atoms with Crippen molar-refractivity contribution in [3.8, 4) is 0 Å². The lowest BCUT2D eigenvalue weighted by Gasteiger charge is -2.31. The number of H-pyrrole nitrogens is 1. The third-order valence-corrected chi connectivity index (χ3v) is 4.47. The highest BCUT2D eigenvalue weighted by Crippen LogP contribution is 2.26. The van der Waals surface area contributed by atoms with Crippen LogP contribution in [0.25, 0.3) is 0 Å². The SMILES string of the molecule is Cn1c(CO)nnc1C1CCN(CCn2cc[nH]c2=O)CC1. The normalized spacial score (nSPS) is 17.2. The molecule has 0 unspecified atom stereocenters. The molecule has 3 heterocycles. The molecule has 0 saturated carbocycles. The summed E-state index contributed by atoms with van der Waals surface area (Å²) in [6, 6.07) is 0. The fourth-order valence-electron chi connectivity index (χ4n) is 3.06. The van der Waals surface area contributed by atoms with Crippen LogP contribution in [0.2, 0.25) is 0 Å². The molecule has 22 heavy (non-hydrogen) atoms. The molecule has 0 amide bonds. The van der Waals surface area contributed by atoms with Crippen LogP contribution in [0.3, 0.4) is 0 Å². The monoisotopic (exact) mass is 306 g/mol. The van der Waals surface area contributed by atoms with E-state index < -0.39 is 0 Å². The first-order valence-corrected chi connectivity index (χ1v) is 7.64. The summed E-state index contributed by atoms with van der Waals surface area (Å²) in [5.41, 5.74) is -0.0505. The number of nitrogens with one attached hydrogen (secondary N) is 1. The molecule has 1 aliphatic heterocycles. The minimum absolute atomic E-state index is 0.0505. The maximum absolute atomic E-state index is 11.4. The fraction of sp³-hybridized carbons (Fsp3) is 0.643. The molecule has 1 saturated heterocycles. The second-order valence-corrected chi connectivity index (χ2v) is 5.77. The number of hydrogen-bond acceptors (Lipinski definition) is 5. The first-order valence-electron chi connectivity index (χ1n) is 7.64. The van der Waals surface area contributed by atoms with Gasteiger partial charge in [-0.15, -0.1) is 10.2 Å². The summed E-state index contributed by atoms with van der Waals surface area (Å²) >= 11 is 0. The molecule has 0 radical (unpaired) electrons. The van der Waals surface area contributed by atoms with Crippen LogP contribution in [0.4, 0.5) is 0 Å². The average molecular weight is 306 g/mol. The van der Waals surface area contributed by atoms with E-state index >= 15 is 0 Å². The van der Waals surface area contributed by atoms with Gasteiger partial charge < -0.3 is 19.6 Å². The molecule has 0 aliphatic carbocycles. The summed E-state index contributed by atoms with van der Waals surface area (Å²) in [6.07, 6.45) is 5.51. The number of nitrogens with zero attached hydrogens (tertiary/aromatic N) is 5. The molecular formula is C14H22N6O2. The fourth-order valence-corrected chi connectivity index (χ4v) is 3.06. The average Bonchev–Trinajstić information content (AvgIpc) is 3.11. The van der Waals surface area contributed by atoms with E-state index in [1.807, 2.05) is 11.6 Å². The van der Waals surface area contributed by atoms with E-state index in [0.717, 1.165) is 38.3 Å². The second kappa shape index (κ2) is 6.45. The molecule has 8 heteroatoms. The Balaban J connectivity index is 1.53. The number of imidazole rings is 1. The summed E-state index contributed by atoms with van der Waals surface area (Å²) in [5, 5.41) is 17.4. The first-order chi connectivity index (χ1) is 10.7. The number of piperidine rings is 1. The quantitative estimate of drug-likeness (QED) is 0.790. The highest BCUT2D eigenvalue weighted by Gasteiger charge is 2.24. The molecule has 2 N–H and O–H groups in total. The van der Waals surface area contributed by atoms with Crippen molar-refractivity contribution in [2.75, 3.05) is 19.6 Å². The molecule has 1 fully saturated rings. The van der Waals surface area contributed by atoms with Crippen LogP contribution in [0.15, 0.2) is 17.2 Å². The number of rotatable bonds is 5. The maximum atomic E-state index is 11.4. The van der Waals surface area contributed by atoms with Crippen molar-refractivity contribution in [1.29, 1.82) is 0 Å². The van der Waals surface area contributed by atoms with Crippen LogP contribution < -0.4 is 5.69 Å². The number of aliphatic hydroxyl groups is 1. The minimum Gasteiger partial charge on any atom is -0.388 e. The van der Waals surface area contributed by atoms with E-state index in [1.54, 1.807) is 17.0 Å². The van der Waals surface area contributed by atoms with E-state index in [4.69, 9.17) is 0 Å². The Labute approximate surface area is 128 Å². The largest absolute Gasteiger partial charge is 0.388 e. The molecule has 0 aromatic carbocycles. The van der Waals surface area contributed by atoms with Gasteiger partial charge in [0.05, 0.1) is 0 Å². The zero-order chi connectivity index (χ0) is 15.5. The highest BCUT2D eigenvalue weighted by molar-refractivity contribution is 5.02.